The van der Waals surface area contributed by atoms with E-state index in [-0.39, 0.29) is 29.9 Å². The van der Waals surface area contributed by atoms with Gasteiger partial charge in [0.1, 0.15) is 18.3 Å². The van der Waals surface area contributed by atoms with Gasteiger partial charge in [-0.25, -0.2) is 13.2 Å². The summed E-state index contributed by atoms with van der Waals surface area (Å²) in [6, 6.07) is 10.9. The zero-order chi connectivity index (χ0) is 23.9. The number of H-pyrrole nitrogens is 1. The van der Waals surface area contributed by atoms with E-state index in [0.29, 0.717) is 25.3 Å². The molecule has 8 rings (SSSR count). The summed E-state index contributed by atoms with van der Waals surface area (Å²) in [5, 5.41) is 4.39. The Bertz CT molecular complexity index is 1260. The summed E-state index contributed by atoms with van der Waals surface area (Å²) in [5.41, 5.74) is 3.80. The summed E-state index contributed by atoms with van der Waals surface area (Å²) in [4.78, 5) is 7.98. The Morgan fingerprint density at radius 2 is 1.80 bits per heavy atom. The maximum atomic E-state index is 15.9. The molecule has 7 heteroatoms. The fraction of sp³-hybridized carbons (Fsp3) is 0.500. The van der Waals surface area contributed by atoms with E-state index in [1.807, 2.05) is 23.1 Å². The number of anilines is 1. The van der Waals surface area contributed by atoms with Gasteiger partial charge >= 0.3 is 0 Å². The molecule has 5 aliphatic rings. The molecule has 0 spiro atoms. The van der Waals surface area contributed by atoms with E-state index < -0.39 is 17.7 Å². The summed E-state index contributed by atoms with van der Waals surface area (Å²) in [6.07, 6.45) is 4.26. The third kappa shape index (κ3) is 3.20. The van der Waals surface area contributed by atoms with Crippen molar-refractivity contribution in [2.45, 2.75) is 56.3 Å². The van der Waals surface area contributed by atoms with Gasteiger partial charge in [-0.1, -0.05) is 18.2 Å². The minimum absolute atomic E-state index is 0.0609. The van der Waals surface area contributed by atoms with E-state index in [0.717, 1.165) is 48.2 Å². The maximum Gasteiger partial charge on any atom is 0.133 e. The third-order valence-electron chi connectivity index (χ3n) is 9.01. The fourth-order valence-corrected chi connectivity index (χ4v) is 7.36. The second-order valence-electron chi connectivity index (χ2n) is 11.3. The van der Waals surface area contributed by atoms with E-state index in [1.54, 1.807) is 0 Å². The molecule has 184 valence electrons. The van der Waals surface area contributed by atoms with Crippen LogP contribution in [0.25, 0.3) is 10.9 Å². The summed E-state index contributed by atoms with van der Waals surface area (Å²) in [6.45, 7) is 3.61. The van der Waals surface area contributed by atoms with Crippen LogP contribution in [0.15, 0.2) is 36.4 Å². The number of nitrogens with zero attached hydrogens (tertiary/aromatic N) is 2. The minimum atomic E-state index is -0.507. The monoisotopic (exact) mass is 480 g/mol. The number of hydrogen-bond donors (Lipinski definition) is 2. The zero-order valence-electron chi connectivity index (χ0n) is 20.0. The molecular formula is C28H31F3N4. The molecule has 0 amide bonds. The average Bonchev–Trinajstić information content (AvgIpc) is 3.10. The van der Waals surface area contributed by atoms with Gasteiger partial charge in [-0.05, 0) is 62.3 Å². The van der Waals surface area contributed by atoms with Gasteiger partial charge in [0.2, 0.25) is 0 Å². The highest BCUT2D eigenvalue weighted by atomic mass is 19.1. The molecule has 2 N–H and O–H groups in total. The molecule has 3 aliphatic carbocycles. The molecule has 1 saturated heterocycles. The highest BCUT2D eigenvalue weighted by Crippen LogP contribution is 2.64. The quantitative estimate of drug-likeness (QED) is 0.496. The van der Waals surface area contributed by atoms with Crippen molar-refractivity contribution >= 4 is 16.6 Å². The second kappa shape index (κ2) is 7.74. The van der Waals surface area contributed by atoms with Crippen LogP contribution < -0.4 is 5.32 Å². The number of aromatic nitrogens is 1. The van der Waals surface area contributed by atoms with Crippen LogP contribution in [-0.2, 0) is 6.42 Å². The largest absolute Gasteiger partial charge is 0.380 e. The lowest BCUT2D eigenvalue weighted by Gasteiger charge is -2.70. The van der Waals surface area contributed by atoms with Gasteiger partial charge in [0.15, 0.2) is 0 Å². The maximum absolute atomic E-state index is 15.9. The molecule has 2 aliphatic heterocycles. The highest BCUT2D eigenvalue weighted by molar-refractivity contribution is 5.85. The predicted octanol–water partition coefficient (Wildman–Crippen LogP) is 5.40. The molecule has 3 aromatic rings. The molecule has 4 fully saturated rings. The van der Waals surface area contributed by atoms with Crippen LogP contribution in [0.3, 0.4) is 0 Å². The first-order valence-electron chi connectivity index (χ1n) is 12.9. The first-order chi connectivity index (χ1) is 17.0. The minimum Gasteiger partial charge on any atom is -0.380 e. The Morgan fingerprint density at radius 1 is 1.09 bits per heavy atom. The number of para-hydroxylation sites is 1. The third-order valence-corrected chi connectivity index (χ3v) is 9.01. The van der Waals surface area contributed by atoms with E-state index in [2.05, 4.69) is 28.2 Å². The summed E-state index contributed by atoms with van der Waals surface area (Å²) in [5.74, 6) is -0.242. The topological polar surface area (TPSA) is 34.3 Å². The number of rotatable bonds is 6. The summed E-state index contributed by atoms with van der Waals surface area (Å²) in [7, 11) is 0. The summed E-state index contributed by atoms with van der Waals surface area (Å²) < 4.78 is 44.2. The van der Waals surface area contributed by atoms with Gasteiger partial charge in [0, 0.05) is 59.1 Å². The lowest BCUT2D eigenvalue weighted by atomic mass is 9.48. The fourth-order valence-electron chi connectivity index (χ4n) is 7.36. The lowest BCUT2D eigenvalue weighted by Crippen LogP contribution is -2.71. The first-order valence-corrected chi connectivity index (χ1v) is 12.9. The lowest BCUT2D eigenvalue weighted by molar-refractivity contribution is -0.174. The SMILES string of the molecule is C[C@@H]1Cc2c([nH]c3ccccc23)[C@@H](c2c(F)cc(NC3CN(CCF)C3)cc2F)N1C12CC(C1)C2. The summed E-state index contributed by atoms with van der Waals surface area (Å²) >= 11 is 0. The normalized spacial score (nSPS) is 30.5. The van der Waals surface area contributed by atoms with Crippen LogP contribution in [0.4, 0.5) is 18.9 Å². The van der Waals surface area contributed by atoms with E-state index in [4.69, 9.17) is 0 Å². The number of nitrogens with one attached hydrogen (secondary N) is 2. The second-order valence-corrected chi connectivity index (χ2v) is 11.3. The zero-order valence-corrected chi connectivity index (χ0v) is 20.0. The van der Waals surface area contributed by atoms with Crippen molar-refractivity contribution in [2.24, 2.45) is 5.92 Å². The van der Waals surface area contributed by atoms with Crippen molar-refractivity contribution in [3.63, 3.8) is 0 Å². The van der Waals surface area contributed by atoms with Gasteiger partial charge in [-0.15, -0.1) is 0 Å². The van der Waals surface area contributed by atoms with Crippen LogP contribution in [0.1, 0.15) is 49.0 Å². The Balaban J connectivity index is 1.28. The van der Waals surface area contributed by atoms with Gasteiger partial charge in [0.05, 0.1) is 12.1 Å². The molecule has 2 bridgehead atoms. The molecule has 0 unspecified atom stereocenters. The molecule has 4 nitrogen and oxygen atoms in total. The van der Waals surface area contributed by atoms with E-state index in [1.165, 1.54) is 17.7 Å². The first kappa shape index (κ1) is 21.7. The number of alkyl halides is 1. The standard InChI is InChI=1S/C28H31F3N4/c1-16-8-21-20-4-2-3-5-24(20)33-26(21)27(35(16)28-11-17(12-28)13-28)25-22(30)9-18(10-23(25)31)32-19-14-34(15-19)7-6-29/h2-5,9-10,16-17,19,27,32-33H,6-8,11-15H2,1H3/t16-,17?,27-,28?/m1/s1. The van der Waals surface area contributed by atoms with E-state index >= 15 is 8.78 Å². The van der Waals surface area contributed by atoms with Crippen molar-refractivity contribution in [3.05, 3.63) is 64.9 Å². The Kier molecular flexibility index (Phi) is 4.81. The van der Waals surface area contributed by atoms with Crippen molar-refractivity contribution in [1.29, 1.82) is 0 Å². The molecule has 2 aromatic carbocycles. The number of aromatic amines is 1. The molecule has 3 heterocycles. The van der Waals surface area contributed by atoms with Crippen LogP contribution >= 0.6 is 0 Å². The van der Waals surface area contributed by atoms with Gasteiger partial charge in [-0.2, -0.15) is 0 Å². The number of halogens is 3. The number of fused-ring (bicyclic) bond motifs is 3. The van der Waals surface area contributed by atoms with Crippen LogP contribution in [0.5, 0.6) is 0 Å². The van der Waals surface area contributed by atoms with Crippen molar-refractivity contribution in [2.75, 3.05) is 31.6 Å². The van der Waals surface area contributed by atoms with Crippen LogP contribution in [0.2, 0.25) is 0 Å². The number of benzene rings is 2. The smallest absolute Gasteiger partial charge is 0.133 e. The van der Waals surface area contributed by atoms with Crippen molar-refractivity contribution < 1.29 is 13.2 Å². The Labute approximate surface area is 203 Å². The molecule has 35 heavy (non-hydrogen) atoms. The predicted molar refractivity (Wildman–Crippen MR) is 131 cm³/mol. The molecule has 3 saturated carbocycles. The Morgan fingerprint density at radius 3 is 2.46 bits per heavy atom. The number of hydrogen-bond acceptors (Lipinski definition) is 3. The average molecular weight is 481 g/mol. The van der Waals surface area contributed by atoms with Gasteiger partial charge < -0.3 is 10.3 Å². The van der Waals surface area contributed by atoms with Crippen LogP contribution in [-0.4, -0.2) is 58.7 Å². The number of likely N-dealkylation sites (tertiary alicyclic amines) is 1. The van der Waals surface area contributed by atoms with Gasteiger partial charge in [-0.3, -0.25) is 9.80 Å². The van der Waals surface area contributed by atoms with Crippen LogP contribution in [0, 0.1) is 17.6 Å². The van der Waals surface area contributed by atoms with Gasteiger partial charge in [0.25, 0.3) is 0 Å². The van der Waals surface area contributed by atoms with Crippen molar-refractivity contribution in [1.82, 2.24) is 14.8 Å². The Hall–Kier alpha value is -2.51. The molecule has 1 aromatic heterocycles. The highest BCUT2D eigenvalue weighted by Gasteiger charge is 2.63. The van der Waals surface area contributed by atoms with E-state index in [9.17, 15) is 4.39 Å². The molecule has 0 radical (unpaired) electrons. The molecule has 2 atom stereocenters. The van der Waals surface area contributed by atoms with Crippen molar-refractivity contribution in [3.8, 4) is 0 Å². The molecular weight excluding hydrogens is 449 g/mol.